The Morgan fingerprint density at radius 1 is 0.817 bits per heavy atom. The second-order valence-electron chi connectivity index (χ2n) is 15.7. The van der Waals surface area contributed by atoms with Crippen molar-refractivity contribution < 1.29 is 37.1 Å². The maximum Gasteiger partial charge on any atom is 0.408 e. The number of ether oxygens (including phenoxy) is 2. The molecule has 4 aromatic carbocycles. The van der Waals surface area contributed by atoms with Crippen molar-refractivity contribution in [3.8, 4) is 11.1 Å². The smallest absolute Gasteiger partial charge is 0.408 e. The van der Waals surface area contributed by atoms with Crippen LogP contribution in [0.3, 0.4) is 0 Å². The van der Waals surface area contributed by atoms with Gasteiger partial charge in [-0.15, -0.1) is 0 Å². The number of alkyl carbamates (subject to hydrolysis) is 1. The monoisotopic (exact) mass is 826 g/mol. The average molecular weight is 827 g/mol. The average Bonchev–Trinajstić information content (AvgIpc) is 3.40. The normalized spacial score (nSPS) is 18.3. The highest BCUT2D eigenvalue weighted by Gasteiger charge is 2.70. The van der Waals surface area contributed by atoms with Crippen LogP contribution >= 0.6 is 0 Å². The third-order valence-electron chi connectivity index (χ3n) is 10.9. The molecule has 2 aliphatic rings. The number of benzene rings is 4. The van der Waals surface area contributed by atoms with Gasteiger partial charge in [-0.2, -0.15) is 0 Å². The lowest BCUT2D eigenvalue weighted by Crippen LogP contribution is -2.59. The van der Waals surface area contributed by atoms with Crippen molar-refractivity contribution in [1.29, 1.82) is 0 Å². The van der Waals surface area contributed by atoms with Gasteiger partial charge in [0.1, 0.15) is 10.3 Å². The van der Waals surface area contributed by atoms with E-state index in [0.29, 0.717) is 17.5 Å². The van der Waals surface area contributed by atoms with Crippen molar-refractivity contribution in [3.05, 3.63) is 167 Å². The Bertz CT molecular complexity index is 2490. The highest BCUT2D eigenvalue weighted by Crippen LogP contribution is 2.49. The summed E-state index contributed by atoms with van der Waals surface area (Å²) in [5.41, 5.74) is 3.85. The predicted octanol–water partition coefficient (Wildman–Crippen LogP) is 6.99. The lowest BCUT2D eigenvalue weighted by atomic mass is 9.94. The highest BCUT2D eigenvalue weighted by atomic mass is 32.2. The van der Waals surface area contributed by atoms with Gasteiger partial charge in [-0.25, -0.2) is 18.0 Å². The van der Waals surface area contributed by atoms with E-state index < -0.39 is 61.6 Å². The molecule has 13 heteroatoms. The summed E-state index contributed by atoms with van der Waals surface area (Å²) in [6, 6.07) is 37.6. The molecule has 0 saturated carbocycles. The van der Waals surface area contributed by atoms with Gasteiger partial charge in [-0.1, -0.05) is 115 Å². The van der Waals surface area contributed by atoms with Gasteiger partial charge in [0.05, 0.1) is 11.3 Å². The zero-order chi connectivity index (χ0) is 42.7. The number of esters is 1. The molecule has 2 saturated heterocycles. The molecule has 1 aromatic heterocycles. The minimum atomic E-state index is -4.12. The van der Waals surface area contributed by atoms with Crippen molar-refractivity contribution in [3.63, 3.8) is 0 Å². The fourth-order valence-electron chi connectivity index (χ4n) is 7.52. The van der Waals surface area contributed by atoms with Gasteiger partial charge in [0.2, 0.25) is 0 Å². The number of hydrogen-bond acceptors (Lipinski definition) is 9. The van der Waals surface area contributed by atoms with Crippen LogP contribution in [0.25, 0.3) is 17.2 Å². The Labute approximate surface area is 349 Å². The van der Waals surface area contributed by atoms with Gasteiger partial charge in [0.25, 0.3) is 11.8 Å². The number of pyridine rings is 1. The molecule has 3 amide bonds. The lowest BCUT2D eigenvalue weighted by molar-refractivity contribution is -0.160. The maximum atomic E-state index is 14.0. The van der Waals surface area contributed by atoms with Crippen molar-refractivity contribution in [2.75, 3.05) is 13.1 Å². The van der Waals surface area contributed by atoms with Crippen LogP contribution in [0.2, 0.25) is 0 Å². The van der Waals surface area contributed by atoms with Crippen molar-refractivity contribution >= 4 is 39.8 Å². The molecular formula is C47H46N4O8S. The predicted molar refractivity (Wildman–Crippen MR) is 227 cm³/mol. The van der Waals surface area contributed by atoms with Crippen LogP contribution in [0.4, 0.5) is 4.79 Å². The number of aromatic nitrogens is 1. The molecule has 2 atom stereocenters. The Morgan fingerprint density at radius 2 is 1.38 bits per heavy atom. The van der Waals surface area contributed by atoms with E-state index in [1.54, 1.807) is 0 Å². The number of sulfone groups is 1. The Kier molecular flexibility index (Phi) is 11.7. The molecule has 12 nitrogen and oxygen atoms in total. The summed E-state index contributed by atoms with van der Waals surface area (Å²) < 4.78 is 38.0. The highest BCUT2D eigenvalue weighted by molar-refractivity contribution is 7.94. The molecule has 2 aliphatic heterocycles. The van der Waals surface area contributed by atoms with Gasteiger partial charge in [-0.05, 0) is 80.1 Å². The van der Waals surface area contributed by atoms with E-state index in [1.165, 1.54) is 38.3 Å². The van der Waals surface area contributed by atoms with Crippen molar-refractivity contribution in [1.82, 2.24) is 20.5 Å². The third kappa shape index (κ3) is 8.30. The molecule has 60 heavy (non-hydrogen) atoms. The van der Waals surface area contributed by atoms with Gasteiger partial charge in [0, 0.05) is 24.8 Å². The summed E-state index contributed by atoms with van der Waals surface area (Å²) >= 11 is 0. The second kappa shape index (κ2) is 16.9. The number of rotatable bonds is 13. The van der Waals surface area contributed by atoms with Crippen LogP contribution in [-0.2, 0) is 34.5 Å². The van der Waals surface area contributed by atoms with Gasteiger partial charge >= 0.3 is 12.1 Å². The number of fused-ring (bicyclic) bond motifs is 1. The molecule has 7 rings (SSSR count). The topological polar surface area (TPSA) is 161 Å². The minimum absolute atomic E-state index is 0.0589. The quantitative estimate of drug-likeness (QED) is 0.0552. The maximum absolute atomic E-state index is 14.0. The first-order chi connectivity index (χ1) is 28.7. The molecule has 0 bridgehead atoms. The molecule has 0 aliphatic carbocycles. The van der Waals surface area contributed by atoms with Crippen LogP contribution in [0.5, 0.6) is 0 Å². The van der Waals surface area contributed by atoms with Crippen molar-refractivity contribution in [2.45, 2.75) is 62.0 Å². The number of hydrogen-bond donors (Lipinski definition) is 2. The van der Waals surface area contributed by atoms with Crippen LogP contribution in [0.15, 0.2) is 139 Å². The van der Waals surface area contributed by atoms with Gasteiger partial charge in [-0.3, -0.25) is 14.6 Å². The molecule has 0 unspecified atom stereocenters. The number of amides is 3. The summed E-state index contributed by atoms with van der Waals surface area (Å²) in [6.45, 7) is 6.95. The van der Waals surface area contributed by atoms with Crippen LogP contribution < -0.4 is 10.6 Å². The van der Waals surface area contributed by atoms with E-state index in [-0.39, 0.29) is 29.9 Å². The second-order valence-corrected chi connectivity index (χ2v) is 18.3. The Hall–Kier alpha value is -6.60. The number of nitrogens with one attached hydrogen (secondary N) is 2. The lowest BCUT2D eigenvalue weighted by Gasteiger charge is -2.38. The number of nitrogens with zero attached hydrogens (tertiary/aromatic N) is 2. The Morgan fingerprint density at radius 3 is 2.00 bits per heavy atom. The van der Waals surface area contributed by atoms with Crippen LogP contribution in [-0.4, -0.2) is 71.4 Å². The summed E-state index contributed by atoms with van der Waals surface area (Å²) in [5.74, 6) is -1.90. The number of carbonyl (C=O) groups is 4. The summed E-state index contributed by atoms with van der Waals surface area (Å²) in [7, 11) is -4.12. The first-order valence-electron chi connectivity index (χ1n) is 19.6. The van der Waals surface area contributed by atoms with E-state index in [9.17, 15) is 27.6 Å². The van der Waals surface area contributed by atoms with Gasteiger partial charge < -0.3 is 25.0 Å². The molecule has 0 spiro atoms. The zero-order valence-corrected chi connectivity index (χ0v) is 34.5. The number of β-lactam (4-membered cyclic amide) rings is 1. The molecular weight excluding hydrogens is 781 g/mol. The summed E-state index contributed by atoms with van der Waals surface area (Å²) in [5, 5.41) is 4.13. The molecule has 0 radical (unpaired) electrons. The summed E-state index contributed by atoms with van der Waals surface area (Å²) in [6.07, 6.45) is 1.72. The minimum Gasteiger partial charge on any atom is -0.451 e. The molecule has 2 fully saturated rings. The number of carbonyl (C=O) groups excluding carboxylic acids is 4. The molecule has 308 valence electrons. The Balaban J connectivity index is 0.940. The van der Waals surface area contributed by atoms with E-state index >= 15 is 0 Å². The van der Waals surface area contributed by atoms with Crippen LogP contribution in [0, 0.1) is 0 Å². The van der Waals surface area contributed by atoms with E-state index in [1.807, 2.05) is 129 Å². The molecule has 2 N–H and O–H groups in total. The van der Waals surface area contributed by atoms with E-state index in [4.69, 9.17) is 9.47 Å². The first kappa shape index (κ1) is 41.6. The first-order valence-corrected chi connectivity index (χ1v) is 21.2. The van der Waals surface area contributed by atoms with E-state index in [0.717, 1.165) is 21.6 Å². The third-order valence-corrected chi connectivity index (χ3v) is 13.7. The standard InChI is InChI=1S/C47H46N4O8S/c1-46(2,36-23-21-32(22-24-36)31-15-8-5-9-16-31)59-45(55)50-27-14-26-49-41(52)35-25-28-48-37(29-35)30-38-42(53)51-40(47(3,4)60(56,57)43(38)51)44(54)58-39(33-17-10-6-11-18-33)34-19-12-7-13-20-34/h5-13,15-25,28-30,39-40,43H,14,26-27H2,1-4H3,(H,49,52)(H,50,55)/b38-30-/t40-,43+/m0/s1. The molecule has 3 heterocycles. The summed E-state index contributed by atoms with van der Waals surface area (Å²) in [4.78, 5) is 58.7. The fraction of sp³-hybridized carbons (Fsp3) is 0.255. The largest absolute Gasteiger partial charge is 0.451 e. The zero-order valence-electron chi connectivity index (χ0n) is 33.7. The fourth-order valence-corrected chi connectivity index (χ4v) is 9.64. The van der Waals surface area contributed by atoms with Crippen LogP contribution in [0.1, 0.15) is 73.0 Å². The van der Waals surface area contributed by atoms with E-state index in [2.05, 4.69) is 15.6 Å². The van der Waals surface area contributed by atoms with Gasteiger partial charge in [0.15, 0.2) is 27.4 Å². The SMILES string of the molecule is CC(C)(OC(=O)NCCCNC(=O)c1ccnc(/C=C2/C(=O)N3[C@@H](C(=O)OC(c4ccccc4)c4ccccc4)C(C)(C)S(=O)(=O)[C@H]23)c1)c1ccc(-c2ccccc2)cc1. The molecule has 5 aromatic rings. The van der Waals surface area contributed by atoms with Crippen molar-refractivity contribution in [2.24, 2.45) is 0 Å².